The second-order valence-corrected chi connectivity index (χ2v) is 8.08. The molecule has 2 aromatic rings. The molecule has 0 radical (unpaired) electrons. The van der Waals surface area contributed by atoms with Crippen LogP contribution in [-0.4, -0.2) is 11.6 Å². The number of ether oxygens (including phenoxy) is 1. The number of aromatic nitrogens is 1. The van der Waals surface area contributed by atoms with Crippen LogP contribution >= 0.6 is 0 Å². The molecule has 0 aliphatic heterocycles. The van der Waals surface area contributed by atoms with Crippen LogP contribution in [0.4, 0.5) is 0 Å². The van der Waals surface area contributed by atoms with Gasteiger partial charge in [-0.1, -0.05) is 57.9 Å². The first-order valence-corrected chi connectivity index (χ1v) is 11.0. The summed E-state index contributed by atoms with van der Waals surface area (Å²) in [4.78, 5) is 4.69. The lowest BCUT2D eigenvalue weighted by molar-refractivity contribution is 0.250. The first-order chi connectivity index (χ1) is 13.3. The average molecular weight is 366 g/mol. The summed E-state index contributed by atoms with van der Waals surface area (Å²) < 4.78 is 5.51. The molecule has 0 bridgehead atoms. The highest BCUT2D eigenvalue weighted by Gasteiger charge is 2.20. The van der Waals surface area contributed by atoms with E-state index in [1.807, 2.05) is 19.1 Å². The van der Waals surface area contributed by atoms with Gasteiger partial charge in [-0.05, 0) is 67.5 Å². The molecule has 0 amide bonds. The third-order valence-electron chi connectivity index (χ3n) is 6.06. The van der Waals surface area contributed by atoms with Crippen LogP contribution in [0.5, 0.6) is 5.75 Å². The Kier molecular flexibility index (Phi) is 7.74. The van der Waals surface area contributed by atoms with Crippen molar-refractivity contribution >= 4 is 0 Å². The lowest BCUT2D eigenvalue weighted by atomic mass is 9.78. The minimum absolute atomic E-state index is 0.701. The lowest BCUT2D eigenvalue weighted by Gasteiger charge is -2.28. The zero-order valence-corrected chi connectivity index (χ0v) is 17.1. The van der Waals surface area contributed by atoms with Gasteiger partial charge in [0.1, 0.15) is 5.75 Å². The maximum Gasteiger partial charge on any atom is 0.119 e. The minimum Gasteiger partial charge on any atom is -0.494 e. The van der Waals surface area contributed by atoms with Crippen LogP contribution in [0.3, 0.4) is 0 Å². The first kappa shape index (κ1) is 19.9. The Morgan fingerprint density at radius 1 is 0.889 bits per heavy atom. The predicted octanol–water partition coefficient (Wildman–Crippen LogP) is 7.08. The largest absolute Gasteiger partial charge is 0.494 e. The molecule has 1 fully saturated rings. The van der Waals surface area contributed by atoms with Gasteiger partial charge in [0.05, 0.1) is 12.3 Å². The average Bonchev–Trinajstić information content (AvgIpc) is 2.73. The molecule has 0 unspecified atom stereocenters. The Morgan fingerprint density at radius 3 is 2.19 bits per heavy atom. The molecular weight excluding hydrogens is 330 g/mol. The maximum atomic E-state index is 5.51. The Labute approximate surface area is 165 Å². The Bertz CT molecular complexity index is 654. The van der Waals surface area contributed by atoms with E-state index in [0.717, 1.165) is 28.8 Å². The molecule has 1 aliphatic rings. The Balaban J connectivity index is 1.45. The smallest absolute Gasteiger partial charge is 0.119 e. The standard InChI is InChI=1S/C25H35NO/c1-3-5-6-20-7-9-21(10-8-20)11-12-22-13-18-25(26-19-22)23-14-16-24(17-15-23)27-4-2/h13-21H,3-12H2,1-2H3. The summed E-state index contributed by atoms with van der Waals surface area (Å²) in [7, 11) is 0. The highest BCUT2D eigenvalue weighted by molar-refractivity contribution is 5.60. The number of rotatable bonds is 9. The van der Waals surface area contributed by atoms with Gasteiger partial charge in [0.2, 0.25) is 0 Å². The van der Waals surface area contributed by atoms with E-state index in [-0.39, 0.29) is 0 Å². The number of aryl methyl sites for hydroxylation is 1. The van der Waals surface area contributed by atoms with Crippen molar-refractivity contribution in [3.8, 4) is 17.0 Å². The fraction of sp³-hybridized carbons (Fsp3) is 0.560. The van der Waals surface area contributed by atoms with Crippen LogP contribution < -0.4 is 4.74 Å². The van der Waals surface area contributed by atoms with Crippen molar-refractivity contribution in [2.75, 3.05) is 6.61 Å². The number of nitrogens with zero attached hydrogens (tertiary/aromatic N) is 1. The van der Waals surface area contributed by atoms with Crippen LogP contribution in [0.25, 0.3) is 11.3 Å². The molecule has 2 nitrogen and oxygen atoms in total. The van der Waals surface area contributed by atoms with Gasteiger partial charge in [-0.3, -0.25) is 4.98 Å². The third kappa shape index (κ3) is 6.09. The Morgan fingerprint density at radius 2 is 1.59 bits per heavy atom. The molecule has 0 saturated heterocycles. The summed E-state index contributed by atoms with van der Waals surface area (Å²) in [5.74, 6) is 2.85. The van der Waals surface area contributed by atoms with E-state index in [9.17, 15) is 0 Å². The van der Waals surface area contributed by atoms with Crippen molar-refractivity contribution in [3.05, 3.63) is 48.2 Å². The number of benzene rings is 1. The zero-order chi connectivity index (χ0) is 18.9. The summed E-state index contributed by atoms with van der Waals surface area (Å²) in [5, 5.41) is 0. The van der Waals surface area contributed by atoms with Gasteiger partial charge in [-0.2, -0.15) is 0 Å². The van der Waals surface area contributed by atoms with Gasteiger partial charge in [0.25, 0.3) is 0 Å². The minimum atomic E-state index is 0.701. The van der Waals surface area contributed by atoms with Gasteiger partial charge in [0.15, 0.2) is 0 Å². The number of unbranched alkanes of at least 4 members (excludes halogenated alkanes) is 1. The molecule has 1 aromatic carbocycles. The summed E-state index contributed by atoms with van der Waals surface area (Å²) in [6.07, 6.45) is 14.6. The van der Waals surface area contributed by atoms with Crippen LogP contribution in [-0.2, 0) is 6.42 Å². The fourth-order valence-corrected chi connectivity index (χ4v) is 4.30. The number of pyridine rings is 1. The molecule has 0 atom stereocenters. The van der Waals surface area contributed by atoms with E-state index in [2.05, 4.69) is 37.4 Å². The second-order valence-electron chi connectivity index (χ2n) is 8.08. The van der Waals surface area contributed by atoms with Gasteiger partial charge < -0.3 is 4.74 Å². The highest BCUT2D eigenvalue weighted by atomic mass is 16.5. The molecule has 1 saturated carbocycles. The van der Waals surface area contributed by atoms with Crippen molar-refractivity contribution in [2.45, 2.75) is 71.6 Å². The van der Waals surface area contributed by atoms with Gasteiger partial charge >= 0.3 is 0 Å². The molecule has 0 spiro atoms. The molecule has 1 heterocycles. The van der Waals surface area contributed by atoms with Crippen molar-refractivity contribution < 1.29 is 4.74 Å². The third-order valence-corrected chi connectivity index (χ3v) is 6.06. The van der Waals surface area contributed by atoms with E-state index < -0.39 is 0 Å². The molecule has 1 aromatic heterocycles. The van der Waals surface area contributed by atoms with Crippen LogP contribution in [0, 0.1) is 11.8 Å². The summed E-state index contributed by atoms with van der Waals surface area (Å²) in [6, 6.07) is 12.6. The molecule has 3 rings (SSSR count). The highest BCUT2D eigenvalue weighted by Crippen LogP contribution is 2.34. The molecule has 27 heavy (non-hydrogen) atoms. The van der Waals surface area contributed by atoms with E-state index in [1.54, 1.807) is 0 Å². The van der Waals surface area contributed by atoms with Crippen molar-refractivity contribution in [1.29, 1.82) is 0 Å². The fourth-order valence-electron chi connectivity index (χ4n) is 4.30. The number of hydrogen-bond acceptors (Lipinski definition) is 2. The monoisotopic (exact) mass is 365 g/mol. The van der Waals surface area contributed by atoms with E-state index >= 15 is 0 Å². The van der Waals surface area contributed by atoms with E-state index in [1.165, 1.54) is 63.4 Å². The van der Waals surface area contributed by atoms with Crippen LogP contribution in [0.15, 0.2) is 42.6 Å². The topological polar surface area (TPSA) is 22.1 Å². The van der Waals surface area contributed by atoms with Gasteiger partial charge in [0, 0.05) is 11.8 Å². The van der Waals surface area contributed by atoms with Crippen molar-refractivity contribution in [2.24, 2.45) is 11.8 Å². The zero-order valence-electron chi connectivity index (χ0n) is 17.1. The van der Waals surface area contributed by atoms with E-state index in [0.29, 0.717) is 6.61 Å². The molecule has 146 valence electrons. The lowest BCUT2D eigenvalue weighted by Crippen LogP contribution is -2.15. The molecule has 1 aliphatic carbocycles. The van der Waals surface area contributed by atoms with Crippen LogP contribution in [0.2, 0.25) is 0 Å². The van der Waals surface area contributed by atoms with Crippen LogP contribution in [0.1, 0.15) is 70.8 Å². The molecule has 0 N–H and O–H groups in total. The molecular formula is C25H35NO. The summed E-state index contributed by atoms with van der Waals surface area (Å²) >= 11 is 0. The van der Waals surface area contributed by atoms with Gasteiger partial charge in [-0.25, -0.2) is 0 Å². The second kappa shape index (κ2) is 10.5. The molecule has 2 heteroatoms. The van der Waals surface area contributed by atoms with Crippen molar-refractivity contribution in [1.82, 2.24) is 4.98 Å². The van der Waals surface area contributed by atoms with Crippen molar-refractivity contribution in [3.63, 3.8) is 0 Å². The quantitative estimate of drug-likeness (QED) is 0.474. The Hall–Kier alpha value is -1.83. The normalized spacial score (nSPS) is 19.8. The maximum absolute atomic E-state index is 5.51. The predicted molar refractivity (Wildman–Crippen MR) is 114 cm³/mol. The first-order valence-electron chi connectivity index (χ1n) is 11.0. The van der Waals surface area contributed by atoms with Gasteiger partial charge in [-0.15, -0.1) is 0 Å². The number of hydrogen-bond donors (Lipinski definition) is 0. The summed E-state index contributed by atoms with van der Waals surface area (Å²) in [6.45, 7) is 5.01. The van der Waals surface area contributed by atoms with E-state index in [4.69, 9.17) is 9.72 Å². The summed E-state index contributed by atoms with van der Waals surface area (Å²) in [5.41, 5.74) is 3.56. The SMILES string of the molecule is CCCCC1CCC(CCc2ccc(-c3ccc(OCC)cc3)nc2)CC1.